The van der Waals surface area contributed by atoms with E-state index in [0.717, 1.165) is 27.6 Å². The van der Waals surface area contributed by atoms with Gasteiger partial charge in [-0.05, 0) is 18.2 Å². The number of methoxy groups -OCH3 is 1. The average Bonchev–Trinajstić information content (AvgIpc) is 2.36. The number of nitrogen functional groups attached to an aromatic ring is 1. The highest BCUT2D eigenvalue weighted by atomic mass is 16.5. The van der Waals surface area contributed by atoms with Crippen LogP contribution in [0.15, 0.2) is 42.5 Å². The van der Waals surface area contributed by atoms with Crippen LogP contribution < -0.4 is 10.5 Å². The molecule has 84 valence electrons. The van der Waals surface area contributed by atoms with Gasteiger partial charge < -0.3 is 10.5 Å². The molecule has 1 aromatic heterocycles. The zero-order valence-corrected chi connectivity index (χ0v) is 9.47. The van der Waals surface area contributed by atoms with E-state index in [4.69, 9.17) is 10.5 Å². The van der Waals surface area contributed by atoms with Crippen molar-refractivity contribution >= 4 is 27.5 Å². The highest BCUT2D eigenvalue weighted by Crippen LogP contribution is 2.28. The molecule has 2 N–H and O–H groups in total. The molecule has 0 unspecified atom stereocenters. The molecule has 0 aliphatic heterocycles. The summed E-state index contributed by atoms with van der Waals surface area (Å²) in [6.45, 7) is 0. The summed E-state index contributed by atoms with van der Waals surface area (Å²) in [5, 5.41) is 2.10. The second kappa shape index (κ2) is 3.63. The molecule has 0 saturated carbocycles. The quantitative estimate of drug-likeness (QED) is 0.510. The number of hydrogen-bond donors (Lipinski definition) is 1. The molecular weight excluding hydrogens is 212 g/mol. The maximum Gasteiger partial charge on any atom is 0.145 e. The molecular formula is C14H12N2O. The van der Waals surface area contributed by atoms with Crippen molar-refractivity contribution in [2.24, 2.45) is 0 Å². The Kier molecular flexibility index (Phi) is 2.11. The molecule has 3 aromatic rings. The number of rotatable bonds is 1. The zero-order valence-electron chi connectivity index (χ0n) is 9.47. The fourth-order valence-corrected chi connectivity index (χ4v) is 2.05. The lowest BCUT2D eigenvalue weighted by molar-refractivity contribution is 0.419. The Labute approximate surface area is 98.8 Å². The molecule has 2 aromatic carbocycles. The van der Waals surface area contributed by atoms with Crippen LogP contribution >= 0.6 is 0 Å². The monoisotopic (exact) mass is 224 g/mol. The SMILES string of the molecule is COc1cccc2cc3cccc(N)c3nc12. The smallest absolute Gasteiger partial charge is 0.145 e. The molecule has 0 saturated heterocycles. The van der Waals surface area contributed by atoms with Gasteiger partial charge in [-0.1, -0.05) is 24.3 Å². The first-order chi connectivity index (χ1) is 8.29. The zero-order chi connectivity index (χ0) is 11.8. The third-order valence-electron chi connectivity index (χ3n) is 2.88. The third-order valence-corrected chi connectivity index (χ3v) is 2.88. The Balaban J connectivity index is 2.49. The van der Waals surface area contributed by atoms with E-state index in [2.05, 4.69) is 11.1 Å². The van der Waals surface area contributed by atoms with E-state index in [1.54, 1.807) is 7.11 Å². The highest BCUT2D eigenvalue weighted by molar-refractivity contribution is 5.99. The van der Waals surface area contributed by atoms with E-state index in [1.807, 2.05) is 36.4 Å². The van der Waals surface area contributed by atoms with Crippen LogP contribution in [0.5, 0.6) is 5.75 Å². The molecule has 0 amide bonds. The Bertz CT molecular complexity index is 707. The number of fused-ring (bicyclic) bond motifs is 2. The lowest BCUT2D eigenvalue weighted by atomic mass is 10.1. The number of nitrogens with zero attached hydrogens (tertiary/aromatic N) is 1. The van der Waals surface area contributed by atoms with Crippen molar-refractivity contribution in [3.63, 3.8) is 0 Å². The van der Waals surface area contributed by atoms with Gasteiger partial charge in [-0.25, -0.2) is 4.98 Å². The minimum absolute atomic E-state index is 0.690. The molecule has 3 nitrogen and oxygen atoms in total. The number of ether oxygens (including phenoxy) is 1. The average molecular weight is 224 g/mol. The van der Waals surface area contributed by atoms with Crippen molar-refractivity contribution < 1.29 is 4.74 Å². The number of anilines is 1. The van der Waals surface area contributed by atoms with Crippen LogP contribution in [0.25, 0.3) is 21.8 Å². The van der Waals surface area contributed by atoms with Gasteiger partial charge in [0.1, 0.15) is 11.3 Å². The number of benzene rings is 2. The first-order valence-electron chi connectivity index (χ1n) is 5.41. The Morgan fingerprint density at radius 2 is 1.71 bits per heavy atom. The number of pyridine rings is 1. The van der Waals surface area contributed by atoms with E-state index in [0.29, 0.717) is 5.69 Å². The van der Waals surface area contributed by atoms with Gasteiger partial charge in [0.05, 0.1) is 18.3 Å². The number of para-hydroxylation sites is 2. The van der Waals surface area contributed by atoms with Crippen LogP contribution in [-0.4, -0.2) is 12.1 Å². The summed E-state index contributed by atoms with van der Waals surface area (Å²) in [4.78, 5) is 4.60. The van der Waals surface area contributed by atoms with E-state index in [-0.39, 0.29) is 0 Å². The third kappa shape index (κ3) is 1.47. The molecule has 0 radical (unpaired) electrons. The van der Waals surface area contributed by atoms with Gasteiger partial charge in [-0.15, -0.1) is 0 Å². The van der Waals surface area contributed by atoms with Crippen LogP contribution in [0.4, 0.5) is 5.69 Å². The summed E-state index contributed by atoms with van der Waals surface area (Å²) < 4.78 is 5.31. The molecule has 0 aliphatic rings. The molecule has 0 atom stereocenters. The van der Waals surface area contributed by atoms with Gasteiger partial charge in [0, 0.05) is 10.8 Å². The maximum absolute atomic E-state index is 5.94. The second-order valence-electron chi connectivity index (χ2n) is 3.94. The van der Waals surface area contributed by atoms with Crippen molar-refractivity contribution in [2.75, 3.05) is 12.8 Å². The highest BCUT2D eigenvalue weighted by Gasteiger charge is 2.06. The molecule has 3 rings (SSSR count). The van der Waals surface area contributed by atoms with Crippen molar-refractivity contribution in [1.82, 2.24) is 4.98 Å². The first kappa shape index (κ1) is 9.90. The van der Waals surface area contributed by atoms with Crippen LogP contribution in [0.2, 0.25) is 0 Å². The predicted octanol–water partition coefficient (Wildman–Crippen LogP) is 2.98. The van der Waals surface area contributed by atoms with E-state index >= 15 is 0 Å². The Morgan fingerprint density at radius 3 is 2.47 bits per heavy atom. The number of hydrogen-bond acceptors (Lipinski definition) is 3. The fraction of sp³-hybridized carbons (Fsp3) is 0.0714. The van der Waals surface area contributed by atoms with E-state index < -0.39 is 0 Å². The Hall–Kier alpha value is -2.29. The lowest BCUT2D eigenvalue weighted by Gasteiger charge is -2.07. The predicted molar refractivity (Wildman–Crippen MR) is 70.2 cm³/mol. The summed E-state index contributed by atoms with van der Waals surface area (Å²) in [5.41, 5.74) is 8.30. The molecule has 0 fully saturated rings. The largest absolute Gasteiger partial charge is 0.494 e. The second-order valence-corrected chi connectivity index (χ2v) is 3.94. The van der Waals surface area contributed by atoms with Crippen LogP contribution in [0.1, 0.15) is 0 Å². The van der Waals surface area contributed by atoms with Crippen LogP contribution in [0, 0.1) is 0 Å². The minimum Gasteiger partial charge on any atom is -0.494 e. The summed E-state index contributed by atoms with van der Waals surface area (Å²) in [6.07, 6.45) is 0. The maximum atomic E-state index is 5.94. The van der Waals surface area contributed by atoms with Crippen molar-refractivity contribution in [3.8, 4) is 5.75 Å². The summed E-state index contributed by atoms with van der Waals surface area (Å²) in [7, 11) is 1.65. The first-order valence-corrected chi connectivity index (χ1v) is 5.41. The minimum atomic E-state index is 0.690. The normalized spacial score (nSPS) is 10.9. The number of nitrogens with two attached hydrogens (primary N) is 1. The van der Waals surface area contributed by atoms with Gasteiger partial charge in [0.2, 0.25) is 0 Å². The van der Waals surface area contributed by atoms with Crippen molar-refractivity contribution in [2.45, 2.75) is 0 Å². The van der Waals surface area contributed by atoms with E-state index in [9.17, 15) is 0 Å². The standard InChI is InChI=1S/C14H12N2O/c1-17-12-7-3-5-10-8-9-4-2-6-11(15)13(9)16-14(10)12/h2-8H,15H2,1H3. The molecule has 3 heteroatoms. The van der Waals surface area contributed by atoms with Gasteiger partial charge in [-0.2, -0.15) is 0 Å². The summed E-state index contributed by atoms with van der Waals surface area (Å²) in [5.74, 6) is 0.771. The fourth-order valence-electron chi connectivity index (χ4n) is 2.05. The molecule has 1 heterocycles. The molecule has 0 spiro atoms. The molecule has 0 aliphatic carbocycles. The van der Waals surface area contributed by atoms with Gasteiger partial charge in [-0.3, -0.25) is 0 Å². The van der Waals surface area contributed by atoms with Gasteiger partial charge in [0.25, 0.3) is 0 Å². The van der Waals surface area contributed by atoms with E-state index in [1.165, 1.54) is 0 Å². The van der Waals surface area contributed by atoms with Crippen LogP contribution in [0.3, 0.4) is 0 Å². The lowest BCUT2D eigenvalue weighted by Crippen LogP contribution is -1.92. The van der Waals surface area contributed by atoms with Gasteiger partial charge >= 0.3 is 0 Å². The Morgan fingerprint density at radius 1 is 1.00 bits per heavy atom. The number of aromatic nitrogens is 1. The van der Waals surface area contributed by atoms with Crippen molar-refractivity contribution in [1.29, 1.82) is 0 Å². The summed E-state index contributed by atoms with van der Waals surface area (Å²) >= 11 is 0. The molecule has 17 heavy (non-hydrogen) atoms. The van der Waals surface area contributed by atoms with Gasteiger partial charge in [0.15, 0.2) is 0 Å². The van der Waals surface area contributed by atoms with Crippen molar-refractivity contribution in [3.05, 3.63) is 42.5 Å². The molecule has 0 bridgehead atoms. The summed E-state index contributed by atoms with van der Waals surface area (Å²) in [6, 6.07) is 13.8. The topological polar surface area (TPSA) is 48.1 Å². The van der Waals surface area contributed by atoms with Crippen LogP contribution in [-0.2, 0) is 0 Å².